The molecule has 0 unspecified atom stereocenters. The highest BCUT2D eigenvalue weighted by molar-refractivity contribution is 6.12. The molecular weight excluding hydrogens is 358 g/mol. The van der Waals surface area contributed by atoms with Gasteiger partial charge >= 0.3 is 0 Å². The second-order valence-corrected chi connectivity index (χ2v) is 7.24. The van der Waals surface area contributed by atoms with Crippen molar-refractivity contribution in [2.75, 3.05) is 5.32 Å². The molecule has 0 spiro atoms. The van der Waals surface area contributed by atoms with E-state index in [1.807, 2.05) is 72.8 Å². The Labute approximate surface area is 170 Å². The Hall–Kier alpha value is -3.66. The summed E-state index contributed by atoms with van der Waals surface area (Å²) in [6, 6.07) is 23.5. The molecule has 144 valence electrons. The molecule has 4 rings (SSSR count). The van der Waals surface area contributed by atoms with Gasteiger partial charge < -0.3 is 10.3 Å². The van der Waals surface area contributed by atoms with Crippen LogP contribution in [0, 0.1) is 0 Å². The number of anilines is 1. The van der Waals surface area contributed by atoms with Crippen LogP contribution in [-0.4, -0.2) is 15.9 Å². The SMILES string of the molecule is CC(C)c1[nH]c(-c2ccncc2)c(-c2ccccc2)c1C(=O)Nc1ccccc1. The Morgan fingerprint density at radius 1 is 0.862 bits per heavy atom. The molecule has 2 aromatic heterocycles. The number of hydrogen-bond donors (Lipinski definition) is 2. The third kappa shape index (κ3) is 3.83. The maximum absolute atomic E-state index is 13.4. The van der Waals surface area contributed by atoms with Crippen LogP contribution < -0.4 is 5.32 Å². The van der Waals surface area contributed by atoms with Crippen LogP contribution in [0.15, 0.2) is 85.2 Å². The van der Waals surface area contributed by atoms with Crippen LogP contribution in [0.4, 0.5) is 5.69 Å². The van der Waals surface area contributed by atoms with E-state index in [1.54, 1.807) is 12.4 Å². The predicted octanol–water partition coefficient (Wildman–Crippen LogP) is 6.12. The van der Waals surface area contributed by atoms with Gasteiger partial charge in [-0.15, -0.1) is 0 Å². The number of H-pyrrole nitrogens is 1. The number of carbonyl (C=O) groups is 1. The van der Waals surface area contributed by atoms with Gasteiger partial charge in [0.05, 0.1) is 11.3 Å². The summed E-state index contributed by atoms with van der Waals surface area (Å²) >= 11 is 0. The van der Waals surface area contributed by atoms with Crippen molar-refractivity contribution in [1.82, 2.24) is 9.97 Å². The van der Waals surface area contributed by atoms with Crippen molar-refractivity contribution in [3.8, 4) is 22.4 Å². The molecule has 0 aliphatic heterocycles. The molecule has 0 bridgehead atoms. The topological polar surface area (TPSA) is 57.8 Å². The molecule has 0 aliphatic carbocycles. The van der Waals surface area contributed by atoms with Crippen molar-refractivity contribution in [3.05, 3.63) is 96.4 Å². The van der Waals surface area contributed by atoms with Gasteiger partial charge in [0.2, 0.25) is 0 Å². The molecule has 0 radical (unpaired) electrons. The normalized spacial score (nSPS) is 10.9. The molecule has 1 amide bonds. The largest absolute Gasteiger partial charge is 0.357 e. The third-order valence-electron chi connectivity index (χ3n) is 4.90. The highest BCUT2D eigenvalue weighted by Gasteiger charge is 2.26. The fourth-order valence-corrected chi connectivity index (χ4v) is 3.53. The number of aromatic amines is 1. The fraction of sp³-hybridized carbons (Fsp3) is 0.120. The number of nitrogens with zero attached hydrogens (tertiary/aromatic N) is 1. The Kier molecular flexibility index (Phi) is 5.25. The van der Waals surface area contributed by atoms with E-state index in [9.17, 15) is 4.79 Å². The Balaban J connectivity index is 1.93. The minimum Gasteiger partial charge on any atom is -0.357 e. The van der Waals surface area contributed by atoms with Gasteiger partial charge in [0.25, 0.3) is 5.91 Å². The maximum Gasteiger partial charge on any atom is 0.258 e. The third-order valence-corrected chi connectivity index (χ3v) is 4.90. The van der Waals surface area contributed by atoms with Crippen molar-refractivity contribution < 1.29 is 4.79 Å². The lowest BCUT2D eigenvalue weighted by atomic mass is 9.94. The number of nitrogens with one attached hydrogen (secondary N) is 2. The molecule has 2 heterocycles. The number of rotatable bonds is 5. The van der Waals surface area contributed by atoms with Crippen LogP contribution in [0.3, 0.4) is 0 Å². The second-order valence-electron chi connectivity index (χ2n) is 7.24. The zero-order valence-electron chi connectivity index (χ0n) is 16.5. The number of pyridine rings is 1. The molecule has 2 N–H and O–H groups in total. The number of para-hydroxylation sites is 1. The van der Waals surface area contributed by atoms with Crippen molar-refractivity contribution in [1.29, 1.82) is 0 Å². The Morgan fingerprint density at radius 2 is 1.48 bits per heavy atom. The first-order valence-corrected chi connectivity index (χ1v) is 9.73. The molecule has 4 nitrogen and oxygen atoms in total. The van der Waals surface area contributed by atoms with Gasteiger partial charge in [-0.05, 0) is 35.7 Å². The summed E-state index contributed by atoms with van der Waals surface area (Å²) in [5, 5.41) is 3.06. The van der Waals surface area contributed by atoms with E-state index < -0.39 is 0 Å². The highest BCUT2D eigenvalue weighted by Crippen LogP contribution is 2.39. The second kappa shape index (κ2) is 8.15. The molecule has 0 aliphatic rings. The monoisotopic (exact) mass is 381 g/mol. The lowest BCUT2D eigenvalue weighted by Crippen LogP contribution is -2.14. The average molecular weight is 381 g/mol. The van der Waals surface area contributed by atoms with Crippen LogP contribution >= 0.6 is 0 Å². The van der Waals surface area contributed by atoms with Crippen molar-refractivity contribution in [2.24, 2.45) is 0 Å². The van der Waals surface area contributed by atoms with Gasteiger partial charge in [0.15, 0.2) is 0 Å². The van der Waals surface area contributed by atoms with E-state index in [-0.39, 0.29) is 11.8 Å². The summed E-state index contributed by atoms with van der Waals surface area (Å²) in [4.78, 5) is 21.1. The average Bonchev–Trinajstić information content (AvgIpc) is 3.17. The maximum atomic E-state index is 13.4. The fourth-order valence-electron chi connectivity index (χ4n) is 3.53. The zero-order chi connectivity index (χ0) is 20.2. The smallest absolute Gasteiger partial charge is 0.258 e. The van der Waals surface area contributed by atoms with Gasteiger partial charge in [-0.2, -0.15) is 0 Å². The molecule has 0 saturated heterocycles. The molecule has 4 heteroatoms. The number of amides is 1. The van der Waals surface area contributed by atoms with Gasteiger partial charge in [-0.3, -0.25) is 9.78 Å². The van der Waals surface area contributed by atoms with E-state index in [0.717, 1.165) is 33.8 Å². The van der Waals surface area contributed by atoms with E-state index in [1.165, 1.54) is 0 Å². The summed E-state index contributed by atoms with van der Waals surface area (Å²) in [7, 11) is 0. The van der Waals surface area contributed by atoms with Crippen molar-refractivity contribution in [2.45, 2.75) is 19.8 Å². The Bertz CT molecular complexity index is 1100. The molecule has 0 fully saturated rings. The van der Waals surface area contributed by atoms with E-state index >= 15 is 0 Å². The van der Waals surface area contributed by atoms with Crippen molar-refractivity contribution >= 4 is 11.6 Å². The van der Waals surface area contributed by atoms with Crippen LogP contribution in [0.1, 0.15) is 35.8 Å². The van der Waals surface area contributed by atoms with E-state index in [2.05, 4.69) is 29.1 Å². The molecule has 0 atom stereocenters. The molecule has 4 aromatic rings. The predicted molar refractivity (Wildman–Crippen MR) is 118 cm³/mol. The van der Waals surface area contributed by atoms with E-state index in [4.69, 9.17) is 0 Å². The van der Waals surface area contributed by atoms with Crippen LogP contribution in [0.5, 0.6) is 0 Å². The lowest BCUT2D eigenvalue weighted by Gasteiger charge is -2.11. The summed E-state index contributed by atoms with van der Waals surface area (Å²) in [6.45, 7) is 4.19. The summed E-state index contributed by atoms with van der Waals surface area (Å²) in [5.74, 6) is 0.0416. The first-order chi connectivity index (χ1) is 14.1. The number of carbonyl (C=O) groups excluding carboxylic acids is 1. The number of benzene rings is 2. The Morgan fingerprint density at radius 3 is 2.10 bits per heavy atom. The lowest BCUT2D eigenvalue weighted by molar-refractivity contribution is 0.102. The minimum atomic E-state index is -0.115. The highest BCUT2D eigenvalue weighted by atomic mass is 16.1. The van der Waals surface area contributed by atoms with Gasteiger partial charge in [-0.1, -0.05) is 62.4 Å². The summed E-state index contributed by atoms with van der Waals surface area (Å²) < 4.78 is 0. The minimum absolute atomic E-state index is 0.115. The van der Waals surface area contributed by atoms with Gasteiger partial charge in [0.1, 0.15) is 0 Å². The zero-order valence-corrected chi connectivity index (χ0v) is 16.5. The number of hydrogen-bond acceptors (Lipinski definition) is 2. The first kappa shape index (κ1) is 18.7. The van der Waals surface area contributed by atoms with Crippen LogP contribution in [0.2, 0.25) is 0 Å². The first-order valence-electron chi connectivity index (χ1n) is 9.73. The van der Waals surface area contributed by atoms with Gasteiger partial charge in [-0.25, -0.2) is 0 Å². The van der Waals surface area contributed by atoms with Crippen LogP contribution in [0.25, 0.3) is 22.4 Å². The van der Waals surface area contributed by atoms with Crippen LogP contribution in [-0.2, 0) is 0 Å². The van der Waals surface area contributed by atoms with Gasteiger partial charge in [0, 0.05) is 34.9 Å². The molecule has 0 saturated carbocycles. The summed E-state index contributed by atoms with van der Waals surface area (Å²) in [5.41, 5.74) is 6.22. The standard InChI is InChI=1S/C25H23N3O/c1-17(2)23-22(25(29)27-20-11-7-4-8-12-20)21(18-9-5-3-6-10-18)24(28-23)19-13-15-26-16-14-19/h3-17,28H,1-2H3,(H,27,29). The van der Waals surface area contributed by atoms with E-state index in [0.29, 0.717) is 5.56 Å². The molecule has 2 aromatic carbocycles. The molecular formula is C25H23N3O. The number of aromatic nitrogens is 2. The summed E-state index contributed by atoms with van der Waals surface area (Å²) in [6.07, 6.45) is 3.54. The quantitative estimate of drug-likeness (QED) is 0.437. The molecule has 29 heavy (non-hydrogen) atoms. The van der Waals surface area contributed by atoms with Crippen molar-refractivity contribution in [3.63, 3.8) is 0 Å².